The average molecular weight is 240 g/mol. The van der Waals surface area contributed by atoms with E-state index in [1.165, 1.54) is 0 Å². The zero-order valence-corrected chi connectivity index (χ0v) is 10.3. The van der Waals surface area contributed by atoms with Crippen molar-refractivity contribution in [3.05, 3.63) is 12.2 Å². The third kappa shape index (κ3) is 4.89. The van der Waals surface area contributed by atoms with Gasteiger partial charge in [0.05, 0.1) is 6.42 Å². The van der Waals surface area contributed by atoms with Crippen molar-refractivity contribution in [3.63, 3.8) is 0 Å². The van der Waals surface area contributed by atoms with E-state index in [1.54, 1.807) is 0 Å². The number of amides is 2. The number of urea groups is 1. The zero-order valence-electron chi connectivity index (χ0n) is 10.3. The molecule has 0 fully saturated rings. The van der Waals surface area contributed by atoms with Crippen molar-refractivity contribution in [2.45, 2.75) is 45.2 Å². The van der Waals surface area contributed by atoms with Crippen molar-refractivity contribution in [2.75, 3.05) is 0 Å². The number of hydrogen-bond acceptors (Lipinski definition) is 2. The second-order valence-corrected chi connectivity index (χ2v) is 4.71. The lowest BCUT2D eigenvalue weighted by molar-refractivity contribution is -0.137. The van der Waals surface area contributed by atoms with Gasteiger partial charge in [-0.25, -0.2) is 4.79 Å². The molecule has 0 saturated heterocycles. The van der Waals surface area contributed by atoms with E-state index in [9.17, 15) is 9.59 Å². The van der Waals surface area contributed by atoms with E-state index in [2.05, 4.69) is 10.6 Å². The minimum Gasteiger partial charge on any atom is -0.481 e. The Bertz CT molecular complexity index is 305. The molecule has 0 heterocycles. The summed E-state index contributed by atoms with van der Waals surface area (Å²) in [5.74, 6) is -0.801. The van der Waals surface area contributed by atoms with E-state index in [0.717, 1.165) is 12.8 Å². The van der Waals surface area contributed by atoms with Gasteiger partial charge in [0.2, 0.25) is 0 Å². The summed E-state index contributed by atoms with van der Waals surface area (Å²) in [6.07, 6.45) is 5.70. The maximum Gasteiger partial charge on any atom is 0.315 e. The molecular weight excluding hydrogens is 220 g/mol. The highest BCUT2D eigenvalue weighted by atomic mass is 16.4. The van der Waals surface area contributed by atoms with Crippen molar-refractivity contribution in [1.82, 2.24) is 10.6 Å². The lowest BCUT2D eigenvalue weighted by atomic mass is 10.0. The quantitative estimate of drug-likeness (QED) is 0.637. The molecule has 1 aliphatic rings. The van der Waals surface area contributed by atoms with Crippen LogP contribution in [0.3, 0.4) is 0 Å². The Balaban J connectivity index is 2.37. The van der Waals surface area contributed by atoms with Gasteiger partial charge in [-0.1, -0.05) is 26.0 Å². The topological polar surface area (TPSA) is 78.4 Å². The monoisotopic (exact) mass is 240 g/mol. The summed E-state index contributed by atoms with van der Waals surface area (Å²) < 4.78 is 0. The van der Waals surface area contributed by atoms with E-state index in [4.69, 9.17) is 5.11 Å². The normalized spacial score (nSPS) is 17.1. The van der Waals surface area contributed by atoms with Crippen molar-refractivity contribution in [2.24, 2.45) is 5.92 Å². The first-order chi connectivity index (χ1) is 7.99. The summed E-state index contributed by atoms with van der Waals surface area (Å²) in [7, 11) is 0. The summed E-state index contributed by atoms with van der Waals surface area (Å²) >= 11 is 0. The molecule has 0 saturated carbocycles. The summed E-state index contributed by atoms with van der Waals surface area (Å²) in [5, 5.41) is 14.3. The van der Waals surface area contributed by atoms with Gasteiger partial charge in [0.1, 0.15) is 0 Å². The average Bonchev–Trinajstić information content (AvgIpc) is 2.68. The SMILES string of the molecule is CC(C)C(CC(=O)O)NC(=O)NC1CC=CC1. The largest absolute Gasteiger partial charge is 0.481 e. The van der Waals surface area contributed by atoms with Crippen molar-refractivity contribution < 1.29 is 14.7 Å². The molecule has 1 atom stereocenters. The van der Waals surface area contributed by atoms with E-state index in [-0.39, 0.29) is 30.5 Å². The van der Waals surface area contributed by atoms with Gasteiger partial charge in [-0.2, -0.15) is 0 Å². The molecule has 1 unspecified atom stereocenters. The van der Waals surface area contributed by atoms with Crippen LogP contribution in [0.1, 0.15) is 33.1 Å². The fourth-order valence-corrected chi connectivity index (χ4v) is 1.77. The maximum atomic E-state index is 11.7. The lowest BCUT2D eigenvalue weighted by Gasteiger charge is -2.22. The fraction of sp³-hybridized carbons (Fsp3) is 0.667. The van der Waals surface area contributed by atoms with Crippen LogP contribution in [0.5, 0.6) is 0 Å². The summed E-state index contributed by atoms with van der Waals surface area (Å²) in [6.45, 7) is 3.79. The van der Waals surface area contributed by atoms with Gasteiger partial charge < -0.3 is 15.7 Å². The fourth-order valence-electron chi connectivity index (χ4n) is 1.77. The molecule has 0 aromatic rings. The molecule has 0 aromatic heterocycles. The number of carbonyl (C=O) groups excluding carboxylic acids is 1. The Labute approximate surface area is 101 Å². The summed E-state index contributed by atoms with van der Waals surface area (Å²) in [5.41, 5.74) is 0. The van der Waals surface area contributed by atoms with Crippen LogP contribution >= 0.6 is 0 Å². The highest BCUT2D eigenvalue weighted by Crippen LogP contribution is 2.10. The first kappa shape index (κ1) is 13.5. The van der Waals surface area contributed by atoms with Crippen molar-refractivity contribution in [3.8, 4) is 0 Å². The highest BCUT2D eigenvalue weighted by molar-refractivity contribution is 5.76. The van der Waals surface area contributed by atoms with E-state index < -0.39 is 5.97 Å². The predicted molar refractivity (Wildman–Crippen MR) is 64.7 cm³/mol. The van der Waals surface area contributed by atoms with E-state index >= 15 is 0 Å². The standard InChI is InChI=1S/C12H20N2O3/c1-8(2)10(7-11(15)16)14-12(17)13-9-5-3-4-6-9/h3-4,8-10H,5-7H2,1-2H3,(H,15,16)(H2,13,14,17). The molecule has 1 aliphatic carbocycles. The summed E-state index contributed by atoms with van der Waals surface area (Å²) in [6, 6.07) is -0.465. The van der Waals surface area contributed by atoms with Crippen molar-refractivity contribution in [1.29, 1.82) is 0 Å². The van der Waals surface area contributed by atoms with Crippen LogP contribution in [-0.2, 0) is 4.79 Å². The van der Waals surface area contributed by atoms with Gasteiger partial charge in [-0.3, -0.25) is 4.79 Å². The molecule has 0 spiro atoms. The third-order valence-corrected chi connectivity index (χ3v) is 2.86. The van der Waals surface area contributed by atoms with Crippen LogP contribution < -0.4 is 10.6 Å². The molecule has 3 N–H and O–H groups in total. The second-order valence-electron chi connectivity index (χ2n) is 4.71. The number of nitrogens with one attached hydrogen (secondary N) is 2. The molecule has 96 valence electrons. The number of rotatable bonds is 5. The molecule has 0 aromatic carbocycles. The van der Waals surface area contributed by atoms with Crippen LogP contribution in [-0.4, -0.2) is 29.2 Å². The molecular formula is C12H20N2O3. The molecule has 2 amide bonds. The maximum absolute atomic E-state index is 11.7. The van der Waals surface area contributed by atoms with Gasteiger partial charge in [0.25, 0.3) is 0 Å². The van der Waals surface area contributed by atoms with Gasteiger partial charge in [0, 0.05) is 12.1 Å². The molecule has 5 heteroatoms. The second kappa shape index (κ2) is 6.27. The minimum absolute atomic E-state index is 0.0476. The van der Waals surface area contributed by atoms with Gasteiger partial charge >= 0.3 is 12.0 Å². The Kier molecular flexibility index (Phi) is 5.00. The Morgan fingerprint density at radius 2 is 1.94 bits per heavy atom. The molecule has 0 aliphatic heterocycles. The molecule has 17 heavy (non-hydrogen) atoms. The molecule has 5 nitrogen and oxygen atoms in total. The minimum atomic E-state index is -0.897. The molecule has 1 rings (SSSR count). The van der Waals surface area contributed by atoms with Gasteiger partial charge in [-0.15, -0.1) is 0 Å². The first-order valence-electron chi connectivity index (χ1n) is 5.93. The number of aliphatic carboxylic acids is 1. The van der Waals surface area contributed by atoms with Crippen molar-refractivity contribution >= 4 is 12.0 Å². The van der Waals surface area contributed by atoms with E-state index in [0.29, 0.717) is 0 Å². The molecule has 0 radical (unpaired) electrons. The Morgan fingerprint density at radius 3 is 2.41 bits per heavy atom. The zero-order chi connectivity index (χ0) is 12.8. The van der Waals surface area contributed by atoms with Crippen LogP contribution in [0.4, 0.5) is 4.79 Å². The number of carboxylic acid groups (broad SMARTS) is 1. The third-order valence-electron chi connectivity index (χ3n) is 2.86. The lowest BCUT2D eigenvalue weighted by Crippen LogP contribution is -2.48. The molecule has 0 bridgehead atoms. The number of hydrogen-bond donors (Lipinski definition) is 3. The van der Waals surface area contributed by atoms with Crippen LogP contribution in [0.25, 0.3) is 0 Å². The predicted octanol–water partition coefficient (Wildman–Crippen LogP) is 1.50. The van der Waals surface area contributed by atoms with Crippen LogP contribution in [0, 0.1) is 5.92 Å². The smallest absolute Gasteiger partial charge is 0.315 e. The number of carbonyl (C=O) groups is 2. The summed E-state index contributed by atoms with van der Waals surface area (Å²) in [4.78, 5) is 22.3. The number of carboxylic acids is 1. The highest BCUT2D eigenvalue weighted by Gasteiger charge is 2.21. The van der Waals surface area contributed by atoms with Gasteiger partial charge in [0.15, 0.2) is 0 Å². The Hall–Kier alpha value is -1.52. The van der Waals surface area contributed by atoms with E-state index in [1.807, 2.05) is 26.0 Å². The van der Waals surface area contributed by atoms with Crippen LogP contribution in [0.2, 0.25) is 0 Å². The van der Waals surface area contributed by atoms with Gasteiger partial charge in [-0.05, 0) is 18.8 Å². The van der Waals surface area contributed by atoms with Crippen LogP contribution in [0.15, 0.2) is 12.2 Å². The first-order valence-corrected chi connectivity index (χ1v) is 5.93. The Morgan fingerprint density at radius 1 is 1.35 bits per heavy atom.